The first kappa shape index (κ1) is 13.9. The van der Waals surface area contributed by atoms with Crippen molar-refractivity contribution < 1.29 is 19.8 Å². The molecule has 1 fully saturated rings. The number of aliphatic carboxylic acids is 1. The standard InChI is InChI=1S/C11H20N2O4/c1-7(14)8(9(15)16)13-10(17)11(2)4-3-5-12-6-11/h7-8,12,14H,3-6H2,1-2H3,(H,13,17)(H,15,16)/t7-,8+,11?/m1/s1. The van der Waals surface area contributed by atoms with Gasteiger partial charge in [0.1, 0.15) is 0 Å². The van der Waals surface area contributed by atoms with Crippen molar-refractivity contribution >= 4 is 11.9 Å². The topological polar surface area (TPSA) is 98.7 Å². The minimum atomic E-state index is -1.25. The number of rotatable bonds is 4. The van der Waals surface area contributed by atoms with E-state index in [0.29, 0.717) is 6.54 Å². The number of aliphatic hydroxyl groups excluding tert-OH is 1. The van der Waals surface area contributed by atoms with Crippen LogP contribution in [0, 0.1) is 5.41 Å². The van der Waals surface area contributed by atoms with Crippen LogP contribution in [0.5, 0.6) is 0 Å². The Morgan fingerprint density at radius 3 is 2.53 bits per heavy atom. The first-order chi connectivity index (χ1) is 7.87. The molecule has 0 spiro atoms. The molecule has 1 rings (SSSR count). The third-order valence-corrected chi connectivity index (χ3v) is 3.18. The van der Waals surface area contributed by atoms with E-state index < -0.39 is 23.5 Å². The second kappa shape index (κ2) is 5.46. The Kier molecular flexibility index (Phi) is 4.47. The number of carboxylic acid groups (broad SMARTS) is 1. The van der Waals surface area contributed by atoms with Crippen molar-refractivity contribution in [3.05, 3.63) is 0 Å². The molecule has 1 saturated heterocycles. The van der Waals surface area contributed by atoms with Crippen molar-refractivity contribution in [2.24, 2.45) is 5.41 Å². The zero-order valence-electron chi connectivity index (χ0n) is 10.2. The van der Waals surface area contributed by atoms with Gasteiger partial charge >= 0.3 is 5.97 Å². The van der Waals surface area contributed by atoms with E-state index in [-0.39, 0.29) is 5.91 Å². The summed E-state index contributed by atoms with van der Waals surface area (Å²) < 4.78 is 0. The fraction of sp³-hybridized carbons (Fsp3) is 0.818. The molecule has 6 heteroatoms. The molecule has 4 N–H and O–H groups in total. The predicted molar refractivity (Wildman–Crippen MR) is 61.5 cm³/mol. The van der Waals surface area contributed by atoms with Gasteiger partial charge in [-0.25, -0.2) is 4.79 Å². The number of piperidine rings is 1. The van der Waals surface area contributed by atoms with Crippen molar-refractivity contribution in [1.29, 1.82) is 0 Å². The molecule has 98 valence electrons. The monoisotopic (exact) mass is 244 g/mol. The largest absolute Gasteiger partial charge is 0.480 e. The fourth-order valence-corrected chi connectivity index (χ4v) is 1.95. The van der Waals surface area contributed by atoms with Crippen molar-refractivity contribution in [2.75, 3.05) is 13.1 Å². The van der Waals surface area contributed by atoms with Crippen molar-refractivity contribution in [3.63, 3.8) is 0 Å². The molecule has 1 unspecified atom stereocenters. The van der Waals surface area contributed by atoms with Crippen LogP contribution in [-0.2, 0) is 9.59 Å². The highest BCUT2D eigenvalue weighted by molar-refractivity contribution is 5.87. The Labute approximate surface area is 100 Å². The molecule has 0 aromatic carbocycles. The molecule has 17 heavy (non-hydrogen) atoms. The number of hydrogen-bond acceptors (Lipinski definition) is 4. The van der Waals surface area contributed by atoms with E-state index in [1.165, 1.54) is 6.92 Å². The van der Waals surface area contributed by atoms with Crippen LogP contribution < -0.4 is 10.6 Å². The summed E-state index contributed by atoms with van der Waals surface area (Å²) in [6.07, 6.45) is 0.491. The van der Waals surface area contributed by atoms with E-state index in [2.05, 4.69) is 10.6 Å². The molecule has 0 aromatic rings. The average Bonchev–Trinajstić information content (AvgIpc) is 2.25. The molecule has 0 bridgehead atoms. The van der Waals surface area contributed by atoms with Gasteiger partial charge in [-0.2, -0.15) is 0 Å². The predicted octanol–water partition coefficient (Wildman–Crippen LogP) is -0.674. The van der Waals surface area contributed by atoms with Gasteiger partial charge < -0.3 is 20.8 Å². The molecule has 1 heterocycles. The van der Waals surface area contributed by atoms with Crippen molar-refractivity contribution in [1.82, 2.24) is 10.6 Å². The molecule has 0 aromatic heterocycles. The van der Waals surface area contributed by atoms with E-state index >= 15 is 0 Å². The number of aliphatic hydroxyl groups is 1. The summed E-state index contributed by atoms with van der Waals surface area (Å²) in [5, 5.41) is 23.7. The molecule has 1 aliphatic rings. The lowest BCUT2D eigenvalue weighted by Gasteiger charge is -2.34. The van der Waals surface area contributed by atoms with Crippen LogP contribution in [0.3, 0.4) is 0 Å². The number of carbonyl (C=O) groups excluding carboxylic acids is 1. The highest BCUT2D eigenvalue weighted by Gasteiger charge is 2.37. The van der Waals surface area contributed by atoms with Gasteiger partial charge in [-0.1, -0.05) is 0 Å². The van der Waals surface area contributed by atoms with E-state index in [4.69, 9.17) is 5.11 Å². The first-order valence-corrected chi connectivity index (χ1v) is 5.79. The van der Waals surface area contributed by atoms with Gasteiger partial charge in [-0.15, -0.1) is 0 Å². The van der Waals surface area contributed by atoms with Crippen LogP contribution in [0.15, 0.2) is 0 Å². The molecule has 3 atom stereocenters. The van der Waals surface area contributed by atoms with Crippen LogP contribution in [0.4, 0.5) is 0 Å². The Bertz CT molecular complexity index is 298. The van der Waals surface area contributed by atoms with Gasteiger partial charge in [-0.3, -0.25) is 4.79 Å². The SMILES string of the molecule is C[C@@H](O)[C@H](NC(=O)C1(C)CCCNC1)C(=O)O. The van der Waals surface area contributed by atoms with Gasteiger partial charge in [0.2, 0.25) is 5.91 Å². The summed E-state index contributed by atoms with van der Waals surface area (Å²) in [4.78, 5) is 22.9. The summed E-state index contributed by atoms with van der Waals surface area (Å²) in [6.45, 7) is 4.56. The Morgan fingerprint density at radius 1 is 1.47 bits per heavy atom. The lowest BCUT2D eigenvalue weighted by atomic mass is 9.81. The van der Waals surface area contributed by atoms with Crippen LogP contribution in [0.1, 0.15) is 26.7 Å². The Hall–Kier alpha value is -1.14. The molecule has 1 amide bonds. The van der Waals surface area contributed by atoms with Gasteiger partial charge in [0.25, 0.3) is 0 Å². The van der Waals surface area contributed by atoms with Gasteiger partial charge in [0, 0.05) is 6.54 Å². The smallest absolute Gasteiger partial charge is 0.328 e. The number of amides is 1. The maximum Gasteiger partial charge on any atom is 0.328 e. The molecule has 6 nitrogen and oxygen atoms in total. The maximum atomic E-state index is 12.0. The van der Waals surface area contributed by atoms with Gasteiger partial charge in [-0.05, 0) is 33.2 Å². The summed E-state index contributed by atoms with van der Waals surface area (Å²) in [6, 6.07) is -1.25. The highest BCUT2D eigenvalue weighted by Crippen LogP contribution is 2.25. The summed E-state index contributed by atoms with van der Waals surface area (Å²) in [5.74, 6) is -1.54. The minimum Gasteiger partial charge on any atom is -0.480 e. The lowest BCUT2D eigenvalue weighted by Crippen LogP contribution is -2.55. The molecular formula is C11H20N2O4. The fourth-order valence-electron chi connectivity index (χ4n) is 1.95. The number of nitrogens with one attached hydrogen (secondary N) is 2. The summed E-state index contributed by atoms with van der Waals surface area (Å²) in [5.41, 5.74) is -0.596. The second-order valence-electron chi connectivity index (χ2n) is 4.87. The number of carboxylic acids is 1. The Balaban J connectivity index is 2.66. The molecule has 0 saturated carbocycles. The zero-order valence-corrected chi connectivity index (χ0v) is 10.2. The molecule has 0 aliphatic carbocycles. The molecule has 0 radical (unpaired) electrons. The maximum absolute atomic E-state index is 12.0. The molecule has 1 aliphatic heterocycles. The molecular weight excluding hydrogens is 224 g/mol. The van der Waals surface area contributed by atoms with E-state index in [9.17, 15) is 14.7 Å². The average molecular weight is 244 g/mol. The quantitative estimate of drug-likeness (QED) is 0.525. The van der Waals surface area contributed by atoms with E-state index in [1.807, 2.05) is 0 Å². The Morgan fingerprint density at radius 2 is 2.12 bits per heavy atom. The third kappa shape index (κ3) is 3.41. The van der Waals surface area contributed by atoms with E-state index in [0.717, 1.165) is 19.4 Å². The third-order valence-electron chi connectivity index (χ3n) is 3.18. The lowest BCUT2D eigenvalue weighted by molar-refractivity contribution is -0.147. The number of hydrogen-bond donors (Lipinski definition) is 4. The van der Waals surface area contributed by atoms with Gasteiger partial charge in [0.15, 0.2) is 6.04 Å². The van der Waals surface area contributed by atoms with Crippen molar-refractivity contribution in [2.45, 2.75) is 38.8 Å². The van der Waals surface area contributed by atoms with Crippen LogP contribution in [0.2, 0.25) is 0 Å². The van der Waals surface area contributed by atoms with Crippen molar-refractivity contribution in [3.8, 4) is 0 Å². The highest BCUT2D eigenvalue weighted by atomic mass is 16.4. The number of carbonyl (C=O) groups is 2. The normalized spacial score (nSPS) is 28.2. The van der Waals surface area contributed by atoms with Crippen LogP contribution in [0.25, 0.3) is 0 Å². The zero-order chi connectivity index (χ0) is 13.1. The van der Waals surface area contributed by atoms with Crippen LogP contribution >= 0.6 is 0 Å². The second-order valence-corrected chi connectivity index (χ2v) is 4.87. The first-order valence-electron chi connectivity index (χ1n) is 5.79. The minimum absolute atomic E-state index is 0.321. The van der Waals surface area contributed by atoms with E-state index in [1.54, 1.807) is 6.92 Å². The van der Waals surface area contributed by atoms with Gasteiger partial charge in [0.05, 0.1) is 11.5 Å². The summed E-state index contributed by atoms with van der Waals surface area (Å²) in [7, 11) is 0. The summed E-state index contributed by atoms with van der Waals surface area (Å²) >= 11 is 0. The van der Waals surface area contributed by atoms with Crippen LogP contribution in [-0.4, -0.2) is 47.3 Å².